The first-order valence-electron chi connectivity index (χ1n) is 6.44. The molecule has 3 N–H and O–H groups in total. The molecule has 1 aromatic heterocycles. The van der Waals surface area contributed by atoms with Crippen LogP contribution in [-0.2, 0) is 0 Å². The third-order valence-electron chi connectivity index (χ3n) is 3.86. The molecule has 0 spiro atoms. The van der Waals surface area contributed by atoms with E-state index in [4.69, 9.17) is 5.73 Å². The Bertz CT molecular complexity index is 435. The summed E-state index contributed by atoms with van der Waals surface area (Å²) in [5.74, 6) is 0.540. The van der Waals surface area contributed by atoms with Crippen LogP contribution in [0.5, 0.6) is 0 Å². The number of nitrogens with zero attached hydrogens (tertiary/aromatic N) is 1. The third-order valence-corrected chi connectivity index (χ3v) is 4.91. The maximum Gasteiger partial charge on any atom is 0.270 e. The first kappa shape index (κ1) is 13.5. The molecule has 1 saturated carbocycles. The van der Waals surface area contributed by atoms with Gasteiger partial charge in [-0.1, -0.05) is 13.8 Å². The SMILES string of the molecule is CC(N)c1nc(C(=O)NCC2(C(C)C)CC2)cs1. The smallest absolute Gasteiger partial charge is 0.270 e. The van der Waals surface area contributed by atoms with Gasteiger partial charge in [-0.05, 0) is 31.1 Å². The predicted molar refractivity (Wildman–Crippen MR) is 73.6 cm³/mol. The van der Waals surface area contributed by atoms with Gasteiger partial charge >= 0.3 is 0 Å². The molecule has 1 atom stereocenters. The molecule has 18 heavy (non-hydrogen) atoms. The van der Waals surface area contributed by atoms with Crippen LogP contribution < -0.4 is 11.1 Å². The summed E-state index contributed by atoms with van der Waals surface area (Å²) in [6, 6.07) is -0.109. The molecule has 1 unspecified atom stereocenters. The van der Waals surface area contributed by atoms with Crippen molar-refractivity contribution in [3.63, 3.8) is 0 Å². The summed E-state index contributed by atoms with van der Waals surface area (Å²) < 4.78 is 0. The summed E-state index contributed by atoms with van der Waals surface area (Å²) in [7, 11) is 0. The summed E-state index contributed by atoms with van der Waals surface area (Å²) in [4.78, 5) is 16.2. The van der Waals surface area contributed by atoms with Crippen LogP contribution in [0.4, 0.5) is 0 Å². The largest absolute Gasteiger partial charge is 0.350 e. The van der Waals surface area contributed by atoms with Gasteiger partial charge in [0.2, 0.25) is 0 Å². The number of aromatic nitrogens is 1. The zero-order valence-electron chi connectivity index (χ0n) is 11.2. The summed E-state index contributed by atoms with van der Waals surface area (Å²) >= 11 is 1.44. The van der Waals surface area contributed by atoms with Gasteiger partial charge in [0.25, 0.3) is 5.91 Å². The van der Waals surface area contributed by atoms with Gasteiger partial charge in [0.15, 0.2) is 0 Å². The molecule has 1 aliphatic rings. The minimum Gasteiger partial charge on any atom is -0.350 e. The summed E-state index contributed by atoms with van der Waals surface area (Å²) in [5.41, 5.74) is 6.56. The van der Waals surface area contributed by atoms with Gasteiger partial charge in [-0.2, -0.15) is 0 Å². The highest BCUT2D eigenvalue weighted by Crippen LogP contribution is 2.51. The van der Waals surface area contributed by atoms with Crippen molar-refractivity contribution in [2.24, 2.45) is 17.1 Å². The van der Waals surface area contributed by atoms with E-state index in [1.807, 2.05) is 6.92 Å². The quantitative estimate of drug-likeness (QED) is 0.860. The molecule has 1 aromatic rings. The van der Waals surface area contributed by atoms with Crippen LogP contribution in [0.2, 0.25) is 0 Å². The fraction of sp³-hybridized carbons (Fsp3) is 0.692. The molecule has 1 fully saturated rings. The van der Waals surface area contributed by atoms with Crippen molar-refractivity contribution in [3.05, 3.63) is 16.1 Å². The monoisotopic (exact) mass is 267 g/mol. The second-order valence-corrected chi connectivity index (χ2v) is 6.45. The highest BCUT2D eigenvalue weighted by atomic mass is 32.1. The Morgan fingerprint density at radius 1 is 1.56 bits per heavy atom. The van der Waals surface area contributed by atoms with Crippen LogP contribution in [0.15, 0.2) is 5.38 Å². The molecular weight excluding hydrogens is 246 g/mol. The van der Waals surface area contributed by atoms with Gasteiger partial charge in [-0.25, -0.2) is 4.98 Å². The van der Waals surface area contributed by atoms with Gasteiger partial charge in [-0.15, -0.1) is 11.3 Å². The minimum absolute atomic E-state index is 0.0786. The van der Waals surface area contributed by atoms with Crippen molar-refractivity contribution in [2.45, 2.75) is 39.7 Å². The van der Waals surface area contributed by atoms with E-state index in [9.17, 15) is 4.79 Å². The predicted octanol–water partition coefficient (Wildman–Crippen LogP) is 2.33. The molecule has 2 rings (SSSR count). The molecule has 0 bridgehead atoms. The average molecular weight is 267 g/mol. The lowest BCUT2D eigenvalue weighted by Gasteiger charge is -2.19. The number of amides is 1. The van der Waals surface area contributed by atoms with E-state index in [-0.39, 0.29) is 11.9 Å². The van der Waals surface area contributed by atoms with E-state index < -0.39 is 0 Å². The topological polar surface area (TPSA) is 68.0 Å². The van der Waals surface area contributed by atoms with E-state index >= 15 is 0 Å². The standard InChI is InChI=1S/C13H21N3OS/c1-8(2)13(4-5-13)7-15-11(17)10-6-18-12(16-10)9(3)14/h6,8-9H,4-5,7,14H2,1-3H3,(H,15,17). The zero-order chi connectivity index (χ0) is 13.3. The van der Waals surface area contributed by atoms with Gasteiger partial charge in [0, 0.05) is 11.9 Å². The highest BCUT2D eigenvalue weighted by Gasteiger charge is 2.45. The highest BCUT2D eigenvalue weighted by molar-refractivity contribution is 7.09. The van der Waals surface area contributed by atoms with Crippen LogP contribution >= 0.6 is 11.3 Å². The molecule has 0 aromatic carbocycles. The second kappa shape index (κ2) is 4.97. The van der Waals surface area contributed by atoms with Gasteiger partial charge in [0.1, 0.15) is 10.7 Å². The van der Waals surface area contributed by atoms with Crippen molar-refractivity contribution in [2.75, 3.05) is 6.54 Å². The molecular formula is C13H21N3OS. The molecule has 0 radical (unpaired) electrons. The van der Waals surface area contributed by atoms with E-state index in [0.717, 1.165) is 11.6 Å². The Morgan fingerprint density at radius 2 is 2.22 bits per heavy atom. The van der Waals surface area contributed by atoms with Crippen LogP contribution in [-0.4, -0.2) is 17.4 Å². The molecule has 1 aliphatic carbocycles. The van der Waals surface area contributed by atoms with Gasteiger partial charge in [0.05, 0.1) is 6.04 Å². The maximum absolute atomic E-state index is 12.0. The lowest BCUT2D eigenvalue weighted by Crippen LogP contribution is -2.32. The molecule has 4 nitrogen and oxygen atoms in total. The van der Waals surface area contributed by atoms with Crippen molar-refractivity contribution in [1.29, 1.82) is 0 Å². The van der Waals surface area contributed by atoms with Gasteiger partial charge < -0.3 is 11.1 Å². The van der Waals surface area contributed by atoms with E-state index in [1.165, 1.54) is 24.2 Å². The molecule has 0 saturated heterocycles. The Kier molecular flexibility index (Phi) is 3.73. The van der Waals surface area contributed by atoms with Crippen LogP contribution in [0.3, 0.4) is 0 Å². The molecule has 0 aliphatic heterocycles. The second-order valence-electron chi connectivity index (χ2n) is 5.56. The minimum atomic E-state index is -0.109. The van der Waals surface area contributed by atoms with Crippen molar-refractivity contribution in [1.82, 2.24) is 10.3 Å². The Balaban J connectivity index is 1.92. The summed E-state index contributed by atoms with van der Waals surface area (Å²) in [5, 5.41) is 5.59. The van der Waals surface area contributed by atoms with E-state index in [0.29, 0.717) is 17.0 Å². The van der Waals surface area contributed by atoms with Crippen LogP contribution in [0, 0.1) is 11.3 Å². The Morgan fingerprint density at radius 3 is 2.67 bits per heavy atom. The molecule has 5 heteroatoms. The number of rotatable bonds is 5. The summed E-state index contributed by atoms with van der Waals surface area (Å²) in [6.45, 7) is 7.07. The molecule has 100 valence electrons. The van der Waals surface area contributed by atoms with Crippen molar-refractivity contribution in [3.8, 4) is 0 Å². The van der Waals surface area contributed by atoms with Crippen LogP contribution in [0.25, 0.3) is 0 Å². The average Bonchev–Trinajstić information content (AvgIpc) is 2.94. The van der Waals surface area contributed by atoms with Crippen LogP contribution in [0.1, 0.15) is 55.2 Å². The normalized spacial score (nSPS) is 18.7. The first-order chi connectivity index (χ1) is 8.44. The Labute approximate surface area is 112 Å². The number of nitrogens with one attached hydrogen (secondary N) is 1. The zero-order valence-corrected chi connectivity index (χ0v) is 12.0. The number of thiazole rings is 1. The number of carbonyl (C=O) groups excluding carboxylic acids is 1. The third kappa shape index (κ3) is 2.72. The molecule has 1 heterocycles. The lowest BCUT2D eigenvalue weighted by atomic mass is 9.92. The number of hydrogen-bond donors (Lipinski definition) is 2. The number of hydrogen-bond acceptors (Lipinski definition) is 4. The fourth-order valence-electron chi connectivity index (χ4n) is 2.07. The summed E-state index contributed by atoms with van der Waals surface area (Å²) in [6.07, 6.45) is 2.43. The van der Waals surface area contributed by atoms with Crippen molar-refractivity contribution >= 4 is 17.2 Å². The van der Waals surface area contributed by atoms with E-state index in [2.05, 4.69) is 24.1 Å². The maximum atomic E-state index is 12.0. The number of nitrogens with two attached hydrogens (primary N) is 1. The molecule has 1 amide bonds. The Hall–Kier alpha value is -0.940. The van der Waals surface area contributed by atoms with Gasteiger partial charge in [-0.3, -0.25) is 4.79 Å². The number of carbonyl (C=O) groups is 1. The fourth-order valence-corrected chi connectivity index (χ4v) is 2.82. The lowest BCUT2D eigenvalue weighted by molar-refractivity contribution is 0.0935. The first-order valence-corrected chi connectivity index (χ1v) is 7.32. The van der Waals surface area contributed by atoms with E-state index in [1.54, 1.807) is 5.38 Å². The van der Waals surface area contributed by atoms with Crippen molar-refractivity contribution < 1.29 is 4.79 Å².